The molecule has 0 amide bonds. The fraction of sp³-hybridized carbons (Fsp3) is 0.375. The number of hydrogen-bond acceptors (Lipinski definition) is 2. The van der Waals surface area contributed by atoms with Crippen molar-refractivity contribution in [3.05, 3.63) is 15.4 Å². The molecular weight excluding hydrogens is 286 g/mol. The van der Waals surface area contributed by atoms with Crippen molar-refractivity contribution in [2.75, 3.05) is 7.11 Å². The van der Waals surface area contributed by atoms with Gasteiger partial charge in [0.2, 0.25) is 0 Å². The van der Waals surface area contributed by atoms with Crippen molar-refractivity contribution >= 4 is 39.9 Å². The summed E-state index contributed by atoms with van der Waals surface area (Å²) >= 11 is 0.921. The number of fused-ring (bicyclic) bond motifs is 1. The van der Waals surface area contributed by atoms with E-state index < -0.39 is 0 Å². The molecule has 1 aromatic rings. The number of rotatable bonds is 1. The van der Waals surface area contributed by atoms with Crippen molar-refractivity contribution in [3.8, 4) is 0 Å². The number of esters is 1. The topological polar surface area (TPSA) is 26.3 Å². The molecule has 0 bridgehead atoms. The Morgan fingerprint density at radius 3 is 3.17 bits per heavy atom. The summed E-state index contributed by atoms with van der Waals surface area (Å²) in [5, 5.41) is 0. The van der Waals surface area contributed by atoms with Crippen LogP contribution in [0.25, 0.3) is 0 Å². The standard InChI is InChI=1S/C8H8O2Se2/c1-10-8(9)6-2-5-3-11-4-7(5)12-6/h3-4,6H,2H2,1H3. The number of carbonyl (C=O) groups is 1. The number of methoxy groups -OCH3 is 1. The van der Waals surface area contributed by atoms with Gasteiger partial charge in [0.25, 0.3) is 0 Å². The van der Waals surface area contributed by atoms with E-state index in [1.54, 1.807) is 0 Å². The summed E-state index contributed by atoms with van der Waals surface area (Å²) in [4.78, 5) is 15.9. The van der Waals surface area contributed by atoms with Crippen molar-refractivity contribution in [2.24, 2.45) is 0 Å². The van der Waals surface area contributed by atoms with Crippen LogP contribution < -0.4 is 4.46 Å². The minimum atomic E-state index is -0.0290. The van der Waals surface area contributed by atoms with Gasteiger partial charge in [0.15, 0.2) is 0 Å². The molecule has 0 N–H and O–H groups in total. The van der Waals surface area contributed by atoms with Crippen LogP contribution in [0.15, 0.2) is 9.88 Å². The average molecular weight is 294 g/mol. The number of carbonyl (C=O) groups excluding carboxylic acids is 1. The van der Waals surface area contributed by atoms with Gasteiger partial charge in [0.05, 0.1) is 0 Å². The van der Waals surface area contributed by atoms with Crippen LogP contribution in [0.5, 0.6) is 0 Å². The molecule has 2 rings (SSSR count). The summed E-state index contributed by atoms with van der Waals surface area (Å²) < 4.78 is 6.18. The third-order valence-electron chi connectivity index (χ3n) is 1.84. The summed E-state index contributed by atoms with van der Waals surface area (Å²) in [6.07, 6.45) is 0.931. The van der Waals surface area contributed by atoms with Crippen molar-refractivity contribution < 1.29 is 9.53 Å². The molecule has 0 saturated heterocycles. The Labute approximate surface area is 83.2 Å². The summed E-state index contributed by atoms with van der Waals surface area (Å²) in [6, 6.07) is 0. The second-order valence-corrected chi connectivity index (χ2v) is 6.77. The van der Waals surface area contributed by atoms with Crippen molar-refractivity contribution in [2.45, 2.75) is 11.2 Å². The molecule has 1 aromatic heterocycles. The SMILES string of the molecule is COC(=O)C1Cc2c[se]cc2[Se]1. The predicted molar refractivity (Wildman–Crippen MR) is 48.2 cm³/mol. The fourth-order valence-electron chi connectivity index (χ4n) is 1.22. The Balaban J connectivity index is 2.12. The van der Waals surface area contributed by atoms with Crippen LogP contribution in [0.1, 0.15) is 5.56 Å². The zero-order valence-electron chi connectivity index (χ0n) is 6.57. The van der Waals surface area contributed by atoms with E-state index in [-0.39, 0.29) is 10.8 Å². The third kappa shape index (κ3) is 1.40. The van der Waals surface area contributed by atoms with Gasteiger partial charge in [0.1, 0.15) is 0 Å². The molecule has 0 fully saturated rings. The first-order valence-corrected chi connectivity index (χ1v) is 7.43. The van der Waals surface area contributed by atoms with E-state index in [0.717, 1.165) is 6.42 Å². The van der Waals surface area contributed by atoms with Crippen LogP contribution in [0, 0.1) is 0 Å². The summed E-state index contributed by atoms with van der Waals surface area (Å²) in [5.41, 5.74) is 1.42. The van der Waals surface area contributed by atoms with Crippen LogP contribution in [-0.2, 0) is 16.0 Å². The minimum absolute atomic E-state index is 0.0290. The fourth-order valence-corrected chi connectivity index (χ4v) is 6.67. The molecule has 64 valence electrons. The quantitative estimate of drug-likeness (QED) is 0.520. The molecular formula is C8H8O2Se2. The first-order valence-electron chi connectivity index (χ1n) is 3.61. The molecule has 1 aliphatic rings. The second kappa shape index (κ2) is 3.39. The zero-order chi connectivity index (χ0) is 8.55. The molecule has 4 heteroatoms. The van der Waals surface area contributed by atoms with Gasteiger partial charge in [-0.3, -0.25) is 0 Å². The van der Waals surface area contributed by atoms with Crippen molar-refractivity contribution in [3.63, 3.8) is 0 Å². The third-order valence-corrected chi connectivity index (χ3v) is 6.94. The van der Waals surface area contributed by atoms with Gasteiger partial charge < -0.3 is 0 Å². The molecule has 1 atom stereocenters. The average Bonchev–Trinajstić information content (AvgIpc) is 2.60. The molecule has 0 aliphatic carbocycles. The van der Waals surface area contributed by atoms with E-state index >= 15 is 0 Å². The van der Waals surface area contributed by atoms with E-state index in [2.05, 4.69) is 9.88 Å². The molecule has 0 saturated carbocycles. The molecule has 1 unspecified atom stereocenters. The monoisotopic (exact) mass is 296 g/mol. The summed E-state index contributed by atoms with van der Waals surface area (Å²) in [6.45, 7) is 0. The molecule has 0 aromatic carbocycles. The molecule has 2 heterocycles. The van der Waals surface area contributed by atoms with Crippen LogP contribution >= 0.6 is 0 Å². The number of ether oxygens (including phenoxy) is 1. The Bertz CT molecular complexity index is 285. The molecule has 2 nitrogen and oxygen atoms in total. The van der Waals surface area contributed by atoms with Crippen LogP contribution in [0.4, 0.5) is 0 Å². The van der Waals surface area contributed by atoms with E-state index in [9.17, 15) is 4.79 Å². The maximum absolute atomic E-state index is 11.2. The van der Waals surface area contributed by atoms with Crippen molar-refractivity contribution in [1.29, 1.82) is 0 Å². The van der Waals surface area contributed by atoms with E-state index in [1.165, 1.54) is 17.1 Å². The molecule has 12 heavy (non-hydrogen) atoms. The molecule has 1 aliphatic heterocycles. The van der Waals surface area contributed by atoms with Gasteiger partial charge in [-0.1, -0.05) is 0 Å². The van der Waals surface area contributed by atoms with E-state index in [4.69, 9.17) is 4.74 Å². The van der Waals surface area contributed by atoms with E-state index in [1.807, 2.05) is 0 Å². The van der Waals surface area contributed by atoms with Crippen LogP contribution in [0.3, 0.4) is 0 Å². The Morgan fingerprint density at radius 1 is 1.67 bits per heavy atom. The van der Waals surface area contributed by atoms with Gasteiger partial charge >= 0.3 is 83.2 Å². The first-order chi connectivity index (χ1) is 5.81. The summed E-state index contributed by atoms with van der Waals surface area (Å²) in [5.74, 6) is -0.0290. The first kappa shape index (κ1) is 8.58. The zero-order valence-corrected chi connectivity index (χ0v) is 10.00. The molecule has 0 spiro atoms. The Hall–Kier alpha value is -0.0110. The van der Waals surface area contributed by atoms with Crippen LogP contribution in [0.2, 0.25) is 4.82 Å². The van der Waals surface area contributed by atoms with E-state index in [0.29, 0.717) is 29.5 Å². The number of hydrogen-bond donors (Lipinski definition) is 0. The van der Waals surface area contributed by atoms with Gasteiger partial charge in [0, 0.05) is 0 Å². The normalized spacial score (nSPS) is 20.6. The Kier molecular flexibility index (Phi) is 2.42. The van der Waals surface area contributed by atoms with Crippen molar-refractivity contribution in [1.82, 2.24) is 0 Å². The van der Waals surface area contributed by atoms with Gasteiger partial charge in [-0.25, -0.2) is 0 Å². The van der Waals surface area contributed by atoms with Crippen LogP contribution in [-0.4, -0.2) is 42.5 Å². The molecule has 0 radical (unpaired) electrons. The van der Waals surface area contributed by atoms with Gasteiger partial charge in [-0.2, -0.15) is 0 Å². The Morgan fingerprint density at radius 2 is 2.50 bits per heavy atom. The van der Waals surface area contributed by atoms with Gasteiger partial charge in [-0.15, -0.1) is 0 Å². The second-order valence-electron chi connectivity index (χ2n) is 2.60. The predicted octanol–water partition coefficient (Wildman–Crippen LogP) is -0.409. The summed E-state index contributed by atoms with van der Waals surface area (Å²) in [7, 11) is 1.47. The van der Waals surface area contributed by atoms with Gasteiger partial charge in [-0.05, 0) is 0 Å². The maximum atomic E-state index is 11.2.